The van der Waals surface area contributed by atoms with Crippen molar-refractivity contribution in [1.29, 1.82) is 0 Å². The molecule has 0 unspecified atom stereocenters. The molecule has 1 amide bonds. The molecule has 120 valence electrons. The fourth-order valence-corrected chi connectivity index (χ4v) is 3.93. The number of amides is 1. The standard InChI is InChI=1S/C16H17N3O2S2/c1-11(13-4-3-8-22-13)18(2)14(20)5-7-19-10-17-15-12(16(19)21)6-9-23-15/h3-4,6,8-11H,5,7H2,1-2H3/t11-/m0/s1. The van der Waals surface area contributed by atoms with Gasteiger partial charge in [-0.3, -0.25) is 14.2 Å². The first-order valence-electron chi connectivity index (χ1n) is 7.29. The maximum atomic E-state index is 12.4. The van der Waals surface area contributed by atoms with Gasteiger partial charge >= 0.3 is 0 Å². The van der Waals surface area contributed by atoms with Gasteiger partial charge in [0.1, 0.15) is 4.83 Å². The Kier molecular flexibility index (Phi) is 4.58. The summed E-state index contributed by atoms with van der Waals surface area (Å²) in [6.45, 7) is 2.35. The average molecular weight is 347 g/mol. The molecular formula is C16H17N3O2S2. The molecule has 1 atom stereocenters. The third-order valence-corrected chi connectivity index (χ3v) is 5.81. The number of fused-ring (bicyclic) bond motifs is 1. The van der Waals surface area contributed by atoms with Crippen molar-refractivity contribution in [2.45, 2.75) is 25.9 Å². The van der Waals surface area contributed by atoms with Gasteiger partial charge in [-0.25, -0.2) is 4.98 Å². The van der Waals surface area contributed by atoms with E-state index in [0.717, 1.165) is 9.71 Å². The summed E-state index contributed by atoms with van der Waals surface area (Å²) in [6, 6.07) is 5.82. The molecule has 0 aliphatic rings. The van der Waals surface area contributed by atoms with Crippen molar-refractivity contribution in [3.63, 3.8) is 0 Å². The number of aryl methyl sites for hydroxylation is 1. The minimum Gasteiger partial charge on any atom is -0.338 e. The molecule has 0 fully saturated rings. The highest BCUT2D eigenvalue weighted by molar-refractivity contribution is 7.16. The Hall–Kier alpha value is -1.99. The fourth-order valence-electron chi connectivity index (χ4n) is 2.38. The lowest BCUT2D eigenvalue weighted by Crippen LogP contribution is -2.31. The van der Waals surface area contributed by atoms with Crippen LogP contribution in [0, 0.1) is 0 Å². The molecule has 0 N–H and O–H groups in total. The Balaban J connectivity index is 1.68. The van der Waals surface area contributed by atoms with Crippen molar-refractivity contribution in [2.75, 3.05) is 7.05 Å². The van der Waals surface area contributed by atoms with E-state index in [1.54, 1.807) is 29.4 Å². The van der Waals surface area contributed by atoms with Gasteiger partial charge in [0, 0.05) is 24.9 Å². The van der Waals surface area contributed by atoms with Gasteiger partial charge < -0.3 is 4.90 Å². The minimum absolute atomic E-state index is 0.0169. The molecule has 0 aliphatic heterocycles. The van der Waals surface area contributed by atoms with Gasteiger partial charge in [-0.2, -0.15) is 0 Å². The number of hydrogen-bond acceptors (Lipinski definition) is 5. The van der Waals surface area contributed by atoms with Crippen molar-refractivity contribution in [1.82, 2.24) is 14.5 Å². The smallest absolute Gasteiger partial charge is 0.262 e. The first-order valence-corrected chi connectivity index (χ1v) is 9.05. The van der Waals surface area contributed by atoms with E-state index in [4.69, 9.17) is 0 Å². The minimum atomic E-state index is -0.0852. The van der Waals surface area contributed by atoms with Gasteiger partial charge in [-0.15, -0.1) is 22.7 Å². The zero-order valence-corrected chi connectivity index (χ0v) is 14.6. The molecule has 0 bridgehead atoms. The van der Waals surface area contributed by atoms with Crippen LogP contribution in [0.3, 0.4) is 0 Å². The molecule has 0 saturated carbocycles. The van der Waals surface area contributed by atoms with Crippen molar-refractivity contribution in [3.05, 3.63) is 50.5 Å². The zero-order valence-electron chi connectivity index (χ0n) is 12.9. The van der Waals surface area contributed by atoms with E-state index in [2.05, 4.69) is 4.98 Å². The van der Waals surface area contributed by atoms with Crippen molar-refractivity contribution < 1.29 is 4.79 Å². The molecule has 0 aliphatic carbocycles. The number of thiophene rings is 2. The summed E-state index contributed by atoms with van der Waals surface area (Å²) in [5.74, 6) is 0.0169. The number of nitrogens with zero attached hydrogens (tertiary/aromatic N) is 3. The van der Waals surface area contributed by atoms with Gasteiger partial charge in [0.15, 0.2) is 0 Å². The van der Waals surface area contributed by atoms with Crippen molar-refractivity contribution in [3.8, 4) is 0 Å². The summed E-state index contributed by atoms with van der Waals surface area (Å²) in [5, 5.41) is 4.47. The molecule has 3 aromatic heterocycles. The highest BCUT2D eigenvalue weighted by atomic mass is 32.1. The van der Waals surface area contributed by atoms with Crippen LogP contribution < -0.4 is 5.56 Å². The third-order valence-electron chi connectivity index (χ3n) is 3.95. The zero-order chi connectivity index (χ0) is 16.4. The van der Waals surface area contributed by atoms with Gasteiger partial charge in [-0.1, -0.05) is 6.07 Å². The van der Waals surface area contributed by atoms with Crippen LogP contribution in [0.25, 0.3) is 10.2 Å². The second-order valence-electron chi connectivity index (χ2n) is 5.33. The van der Waals surface area contributed by atoms with E-state index in [9.17, 15) is 9.59 Å². The Labute approximate surface area is 141 Å². The molecular weight excluding hydrogens is 330 g/mol. The summed E-state index contributed by atoms with van der Waals surface area (Å²) in [5.41, 5.74) is -0.0852. The maximum Gasteiger partial charge on any atom is 0.262 e. The summed E-state index contributed by atoms with van der Waals surface area (Å²) < 4.78 is 1.51. The monoisotopic (exact) mass is 347 g/mol. The van der Waals surface area contributed by atoms with Crippen LogP contribution in [0.1, 0.15) is 24.3 Å². The van der Waals surface area contributed by atoms with Crippen molar-refractivity contribution >= 4 is 38.8 Å². The molecule has 3 heterocycles. The van der Waals surface area contributed by atoms with Gasteiger partial charge in [0.25, 0.3) is 5.56 Å². The number of rotatable bonds is 5. The predicted molar refractivity (Wildman–Crippen MR) is 94.0 cm³/mol. The molecule has 7 heteroatoms. The summed E-state index contributed by atoms with van der Waals surface area (Å²) in [7, 11) is 1.80. The highest BCUT2D eigenvalue weighted by Crippen LogP contribution is 2.23. The molecule has 0 aromatic carbocycles. The Morgan fingerprint density at radius 3 is 2.91 bits per heavy atom. The van der Waals surface area contributed by atoms with E-state index in [0.29, 0.717) is 11.9 Å². The first kappa shape index (κ1) is 15.9. The van der Waals surface area contributed by atoms with Gasteiger partial charge in [0.05, 0.1) is 17.8 Å². The second kappa shape index (κ2) is 6.64. The predicted octanol–water partition coefficient (Wildman–Crippen LogP) is 3.13. The fraction of sp³-hybridized carbons (Fsp3) is 0.312. The molecule has 0 radical (unpaired) electrons. The topological polar surface area (TPSA) is 55.2 Å². The molecule has 3 aromatic rings. The normalized spacial score (nSPS) is 12.4. The summed E-state index contributed by atoms with van der Waals surface area (Å²) in [4.78, 5) is 32.6. The SMILES string of the molecule is C[C@@H](c1cccs1)N(C)C(=O)CCn1cnc2sccc2c1=O. The Morgan fingerprint density at radius 2 is 2.17 bits per heavy atom. The Bertz CT molecular complexity index is 867. The summed E-state index contributed by atoms with van der Waals surface area (Å²) in [6.07, 6.45) is 1.81. The number of carbonyl (C=O) groups is 1. The number of hydrogen-bond donors (Lipinski definition) is 0. The molecule has 23 heavy (non-hydrogen) atoms. The molecule has 3 rings (SSSR count). The quantitative estimate of drug-likeness (QED) is 0.712. The second-order valence-corrected chi connectivity index (χ2v) is 7.20. The lowest BCUT2D eigenvalue weighted by atomic mass is 10.2. The van der Waals surface area contributed by atoms with E-state index in [-0.39, 0.29) is 23.9 Å². The van der Waals surface area contributed by atoms with E-state index < -0.39 is 0 Å². The van der Waals surface area contributed by atoms with Gasteiger partial charge in [0.2, 0.25) is 5.91 Å². The first-order chi connectivity index (χ1) is 11.1. The third kappa shape index (κ3) is 3.20. The maximum absolute atomic E-state index is 12.4. The van der Waals surface area contributed by atoms with Crippen LogP contribution in [0.4, 0.5) is 0 Å². The molecule has 5 nitrogen and oxygen atoms in total. The van der Waals surface area contributed by atoms with Crippen LogP contribution in [0.15, 0.2) is 40.1 Å². The van der Waals surface area contributed by atoms with Gasteiger partial charge in [-0.05, 0) is 29.8 Å². The number of carbonyl (C=O) groups excluding carboxylic acids is 1. The van der Waals surface area contributed by atoms with Crippen molar-refractivity contribution in [2.24, 2.45) is 0 Å². The van der Waals surface area contributed by atoms with Crippen LogP contribution in [0.2, 0.25) is 0 Å². The van der Waals surface area contributed by atoms with Crippen LogP contribution in [-0.4, -0.2) is 27.4 Å². The van der Waals surface area contributed by atoms with Crippen LogP contribution in [0.5, 0.6) is 0 Å². The molecule has 0 saturated heterocycles. The van der Waals surface area contributed by atoms with E-state index in [1.165, 1.54) is 22.2 Å². The molecule has 0 spiro atoms. The highest BCUT2D eigenvalue weighted by Gasteiger charge is 2.18. The lowest BCUT2D eigenvalue weighted by molar-refractivity contribution is -0.132. The number of aromatic nitrogens is 2. The van der Waals surface area contributed by atoms with E-state index in [1.807, 2.05) is 29.8 Å². The summed E-state index contributed by atoms with van der Waals surface area (Å²) >= 11 is 3.08. The average Bonchev–Trinajstić information content (AvgIpc) is 3.23. The van der Waals surface area contributed by atoms with Crippen LogP contribution >= 0.6 is 22.7 Å². The van der Waals surface area contributed by atoms with E-state index >= 15 is 0 Å². The largest absolute Gasteiger partial charge is 0.338 e. The van der Waals surface area contributed by atoms with Crippen LogP contribution in [-0.2, 0) is 11.3 Å². The lowest BCUT2D eigenvalue weighted by Gasteiger charge is -2.24. The Morgan fingerprint density at radius 1 is 1.35 bits per heavy atom.